The number of hydrogen-bond donors (Lipinski definition) is 3. The van der Waals surface area contributed by atoms with Gasteiger partial charge in [-0.3, -0.25) is 0 Å². The molecule has 0 amide bonds. The number of nitrogens with one attached hydrogen (secondary N) is 2. The lowest BCUT2D eigenvalue weighted by molar-refractivity contribution is 0.160. The average molecular weight is 255 g/mol. The zero-order chi connectivity index (χ0) is 10.1. The van der Waals surface area contributed by atoms with E-state index in [-0.39, 0.29) is 0 Å². The third kappa shape index (κ3) is 1.45. The summed E-state index contributed by atoms with van der Waals surface area (Å²) in [6, 6.07) is 6.06. The lowest BCUT2D eigenvalue weighted by Gasteiger charge is -1.95. The standard InChI is InChI=1S/C10H11BrN2O/c1-6-7-3-2-4-8(11)10(7)13-9(6)5-12-14/h2-4,12-14H,5H2,1H3. The maximum atomic E-state index is 8.66. The number of aryl methyl sites for hydroxylation is 1. The summed E-state index contributed by atoms with van der Waals surface area (Å²) in [7, 11) is 0. The molecule has 0 atom stereocenters. The van der Waals surface area contributed by atoms with Gasteiger partial charge in [-0.15, -0.1) is 0 Å². The Bertz CT molecular complexity index is 464. The summed E-state index contributed by atoms with van der Waals surface area (Å²) in [4.78, 5) is 3.26. The van der Waals surface area contributed by atoms with Crippen molar-refractivity contribution in [3.63, 3.8) is 0 Å². The van der Waals surface area contributed by atoms with Gasteiger partial charge < -0.3 is 10.2 Å². The zero-order valence-corrected chi connectivity index (χ0v) is 9.35. The first-order chi connectivity index (χ1) is 6.74. The van der Waals surface area contributed by atoms with Crippen LogP contribution < -0.4 is 5.48 Å². The Balaban J connectivity index is 2.67. The van der Waals surface area contributed by atoms with Gasteiger partial charge in [0.1, 0.15) is 0 Å². The van der Waals surface area contributed by atoms with Gasteiger partial charge in [0.05, 0.1) is 12.1 Å². The molecule has 14 heavy (non-hydrogen) atoms. The predicted molar refractivity (Wildman–Crippen MR) is 59.4 cm³/mol. The van der Waals surface area contributed by atoms with E-state index in [9.17, 15) is 0 Å². The molecule has 2 aromatic rings. The molecule has 0 radical (unpaired) electrons. The van der Waals surface area contributed by atoms with Crippen molar-refractivity contribution in [1.82, 2.24) is 10.5 Å². The topological polar surface area (TPSA) is 48.0 Å². The largest absolute Gasteiger partial charge is 0.356 e. The smallest absolute Gasteiger partial charge is 0.0612 e. The van der Waals surface area contributed by atoms with Crippen LogP contribution in [0.25, 0.3) is 10.9 Å². The van der Waals surface area contributed by atoms with Crippen molar-refractivity contribution < 1.29 is 5.21 Å². The minimum atomic E-state index is 0.437. The fraction of sp³-hybridized carbons (Fsp3) is 0.200. The van der Waals surface area contributed by atoms with E-state index in [0.717, 1.165) is 15.7 Å². The van der Waals surface area contributed by atoms with E-state index in [2.05, 4.69) is 32.5 Å². The predicted octanol–water partition coefficient (Wildman–Crippen LogP) is 2.72. The Morgan fingerprint density at radius 1 is 1.50 bits per heavy atom. The molecule has 0 bridgehead atoms. The monoisotopic (exact) mass is 254 g/mol. The zero-order valence-electron chi connectivity index (χ0n) is 7.76. The molecule has 2 rings (SSSR count). The van der Waals surface area contributed by atoms with Crippen molar-refractivity contribution >= 4 is 26.8 Å². The van der Waals surface area contributed by atoms with Crippen LogP contribution in [0.15, 0.2) is 22.7 Å². The molecule has 0 unspecified atom stereocenters. The highest BCUT2D eigenvalue weighted by Gasteiger charge is 2.08. The highest BCUT2D eigenvalue weighted by molar-refractivity contribution is 9.10. The molecule has 4 heteroatoms. The summed E-state index contributed by atoms with van der Waals surface area (Å²) in [6.07, 6.45) is 0. The molecule has 0 saturated carbocycles. The van der Waals surface area contributed by atoms with Crippen molar-refractivity contribution in [3.05, 3.63) is 33.9 Å². The molecule has 3 nitrogen and oxygen atoms in total. The molecule has 1 aromatic heterocycles. The number of halogens is 1. The molecule has 74 valence electrons. The number of aromatic nitrogens is 1. The van der Waals surface area contributed by atoms with E-state index in [1.54, 1.807) is 0 Å². The maximum Gasteiger partial charge on any atom is 0.0612 e. The molecule has 0 spiro atoms. The average Bonchev–Trinajstić information content (AvgIpc) is 2.48. The first kappa shape index (κ1) is 9.71. The fourth-order valence-electron chi connectivity index (χ4n) is 1.63. The first-order valence-corrected chi connectivity index (χ1v) is 5.16. The number of para-hydroxylation sites is 1. The van der Waals surface area contributed by atoms with Crippen molar-refractivity contribution in [2.45, 2.75) is 13.5 Å². The Labute approximate surface area is 90.2 Å². The Morgan fingerprint density at radius 3 is 2.93 bits per heavy atom. The van der Waals surface area contributed by atoms with Crippen molar-refractivity contribution in [2.75, 3.05) is 0 Å². The fourth-order valence-corrected chi connectivity index (χ4v) is 2.09. The highest BCUT2D eigenvalue weighted by atomic mass is 79.9. The molecule has 1 heterocycles. The highest BCUT2D eigenvalue weighted by Crippen LogP contribution is 2.27. The number of aromatic amines is 1. The van der Waals surface area contributed by atoms with E-state index in [1.807, 2.05) is 19.1 Å². The van der Waals surface area contributed by atoms with Gasteiger partial charge in [-0.05, 0) is 34.5 Å². The van der Waals surface area contributed by atoms with Crippen molar-refractivity contribution in [1.29, 1.82) is 0 Å². The lowest BCUT2D eigenvalue weighted by atomic mass is 10.1. The van der Waals surface area contributed by atoms with Crippen LogP contribution in [0.2, 0.25) is 0 Å². The van der Waals surface area contributed by atoms with Gasteiger partial charge in [-0.25, -0.2) is 0 Å². The Morgan fingerprint density at radius 2 is 2.29 bits per heavy atom. The second-order valence-corrected chi connectivity index (χ2v) is 4.08. The van der Waals surface area contributed by atoms with Crippen LogP contribution in [0, 0.1) is 6.92 Å². The van der Waals surface area contributed by atoms with Gasteiger partial charge in [0.2, 0.25) is 0 Å². The Kier molecular flexibility index (Phi) is 2.58. The van der Waals surface area contributed by atoms with Gasteiger partial charge in [-0.2, -0.15) is 5.48 Å². The van der Waals surface area contributed by atoms with E-state index in [4.69, 9.17) is 5.21 Å². The molecule has 0 aliphatic rings. The normalized spacial score (nSPS) is 11.1. The summed E-state index contributed by atoms with van der Waals surface area (Å²) < 4.78 is 1.04. The molecular formula is C10H11BrN2O. The van der Waals surface area contributed by atoms with E-state index in [0.29, 0.717) is 6.54 Å². The summed E-state index contributed by atoms with van der Waals surface area (Å²) in [6.45, 7) is 2.48. The molecule has 3 N–H and O–H groups in total. The minimum absolute atomic E-state index is 0.437. The summed E-state index contributed by atoms with van der Waals surface area (Å²) in [5.74, 6) is 0. The van der Waals surface area contributed by atoms with Gasteiger partial charge in [0.25, 0.3) is 0 Å². The number of hydroxylamine groups is 1. The number of fused-ring (bicyclic) bond motifs is 1. The summed E-state index contributed by atoms with van der Waals surface area (Å²) in [5.41, 5.74) is 5.42. The van der Waals surface area contributed by atoms with E-state index in [1.165, 1.54) is 10.9 Å². The lowest BCUT2D eigenvalue weighted by Crippen LogP contribution is -2.07. The van der Waals surface area contributed by atoms with Gasteiger partial charge >= 0.3 is 0 Å². The molecule has 1 aromatic carbocycles. The number of rotatable bonds is 2. The second kappa shape index (κ2) is 3.73. The molecular weight excluding hydrogens is 244 g/mol. The molecule has 0 fully saturated rings. The minimum Gasteiger partial charge on any atom is -0.356 e. The van der Waals surface area contributed by atoms with Crippen LogP contribution in [0.5, 0.6) is 0 Å². The summed E-state index contributed by atoms with van der Waals surface area (Å²) in [5, 5.41) is 9.84. The van der Waals surface area contributed by atoms with E-state index < -0.39 is 0 Å². The first-order valence-electron chi connectivity index (χ1n) is 4.36. The SMILES string of the molecule is Cc1c(CNO)[nH]c2c(Br)cccc12. The number of H-pyrrole nitrogens is 1. The van der Waals surface area contributed by atoms with Crippen LogP contribution in [0.1, 0.15) is 11.3 Å². The number of benzene rings is 1. The Hall–Kier alpha value is -0.840. The third-order valence-electron chi connectivity index (χ3n) is 2.40. The van der Waals surface area contributed by atoms with E-state index >= 15 is 0 Å². The quantitative estimate of drug-likeness (QED) is 0.722. The third-order valence-corrected chi connectivity index (χ3v) is 3.06. The molecule has 0 aliphatic carbocycles. The van der Waals surface area contributed by atoms with Crippen LogP contribution in [-0.2, 0) is 6.54 Å². The maximum absolute atomic E-state index is 8.66. The second-order valence-electron chi connectivity index (χ2n) is 3.23. The van der Waals surface area contributed by atoms with Gasteiger partial charge in [-0.1, -0.05) is 12.1 Å². The van der Waals surface area contributed by atoms with Crippen LogP contribution >= 0.6 is 15.9 Å². The summed E-state index contributed by atoms with van der Waals surface area (Å²) >= 11 is 3.48. The molecule has 0 saturated heterocycles. The number of hydrogen-bond acceptors (Lipinski definition) is 2. The van der Waals surface area contributed by atoms with Gasteiger partial charge in [0, 0.05) is 15.6 Å². The van der Waals surface area contributed by atoms with Gasteiger partial charge in [0.15, 0.2) is 0 Å². The van der Waals surface area contributed by atoms with Crippen molar-refractivity contribution in [3.8, 4) is 0 Å². The van der Waals surface area contributed by atoms with Crippen LogP contribution in [0.3, 0.4) is 0 Å². The van der Waals surface area contributed by atoms with Crippen LogP contribution in [0.4, 0.5) is 0 Å². The van der Waals surface area contributed by atoms with Crippen molar-refractivity contribution in [2.24, 2.45) is 0 Å². The molecule has 0 aliphatic heterocycles. The van der Waals surface area contributed by atoms with Crippen LogP contribution in [-0.4, -0.2) is 10.2 Å².